The zero-order valence-electron chi connectivity index (χ0n) is 29.8. The van der Waals surface area contributed by atoms with Crippen molar-refractivity contribution < 1.29 is 27.6 Å². The van der Waals surface area contributed by atoms with Gasteiger partial charge in [0.15, 0.2) is 0 Å². The summed E-state index contributed by atoms with van der Waals surface area (Å²) in [5, 5.41) is 10.7. The Kier molecular flexibility index (Phi) is 9.58. The molecule has 282 valence electrons. The molecule has 0 radical (unpaired) electrons. The van der Waals surface area contributed by atoms with Crippen LogP contribution < -0.4 is 16.3 Å². The lowest BCUT2D eigenvalue weighted by molar-refractivity contribution is -0.135. The van der Waals surface area contributed by atoms with Gasteiger partial charge in [0, 0.05) is 49.7 Å². The van der Waals surface area contributed by atoms with E-state index in [0.29, 0.717) is 35.6 Å². The Morgan fingerprint density at radius 2 is 1.80 bits per heavy atom. The molecule has 3 atom stereocenters. The van der Waals surface area contributed by atoms with Crippen molar-refractivity contribution in [2.24, 2.45) is 13.0 Å². The minimum Gasteiger partial charge on any atom is -0.321 e. The standard InChI is InChI=1S/C39H41F3N8O4/c1-47-35-27(4-2-7-32(35)50(39(47)54)33-14-15-34(51)45-38(33)53)26-16-17-48(21-28(26)40)19-22-8-11-25(12-9-22)49-20-23-18-24(10-13-29(23)46-49)43-37(52)31-6-3-5-30(44-31)36(41)42/h2-7,10,13,18,20,22,25-26,28,33,36H,8-9,11-12,14-17,19,21H2,1H3,(H,43,52)(H,45,51,53)/t22?,25?,26-,28-,33?/m0/s1. The van der Waals surface area contributed by atoms with Gasteiger partial charge in [-0.2, -0.15) is 5.10 Å². The number of fused-ring (bicyclic) bond motifs is 2. The van der Waals surface area contributed by atoms with Crippen molar-refractivity contribution >= 4 is 45.3 Å². The third kappa shape index (κ3) is 6.80. The Balaban J connectivity index is 0.874. The minimum absolute atomic E-state index is 0.0864. The molecule has 3 fully saturated rings. The molecule has 1 aliphatic carbocycles. The van der Waals surface area contributed by atoms with Gasteiger partial charge in [0.2, 0.25) is 11.8 Å². The number of para-hydroxylation sites is 1. The third-order valence-corrected chi connectivity index (χ3v) is 11.4. The van der Waals surface area contributed by atoms with Gasteiger partial charge in [-0.1, -0.05) is 18.2 Å². The fraction of sp³-hybridized carbons (Fsp3) is 0.436. The maximum absolute atomic E-state index is 16.1. The summed E-state index contributed by atoms with van der Waals surface area (Å²) in [6, 6.07) is 14.2. The molecule has 2 saturated heterocycles. The number of aryl methyl sites for hydroxylation is 1. The predicted molar refractivity (Wildman–Crippen MR) is 195 cm³/mol. The third-order valence-electron chi connectivity index (χ3n) is 11.4. The highest BCUT2D eigenvalue weighted by molar-refractivity contribution is 6.04. The Labute approximate surface area is 308 Å². The zero-order chi connectivity index (χ0) is 37.7. The SMILES string of the molecule is Cn1c(=O)n(C2CCC(=O)NC2=O)c2cccc([C@@H]3CCN(CC4CCC(n5cc6cc(NC(=O)c7cccc(C(F)F)n7)ccc6n5)CC4)C[C@@H]3F)c21. The highest BCUT2D eigenvalue weighted by Crippen LogP contribution is 2.38. The molecule has 2 aliphatic heterocycles. The van der Waals surface area contributed by atoms with Crippen molar-refractivity contribution in [1.82, 2.24) is 34.1 Å². The largest absolute Gasteiger partial charge is 0.329 e. The normalized spacial score (nSPS) is 24.0. The van der Waals surface area contributed by atoms with E-state index in [0.717, 1.165) is 55.2 Å². The number of nitrogens with zero attached hydrogens (tertiary/aromatic N) is 6. The highest BCUT2D eigenvalue weighted by Gasteiger charge is 2.36. The average molecular weight is 743 g/mol. The van der Waals surface area contributed by atoms with Gasteiger partial charge in [-0.3, -0.25) is 33.5 Å². The second-order valence-corrected chi connectivity index (χ2v) is 14.8. The molecular formula is C39H41F3N8O4. The number of hydrogen-bond acceptors (Lipinski definition) is 7. The Bertz CT molecular complexity index is 2310. The summed E-state index contributed by atoms with van der Waals surface area (Å²) < 4.78 is 47.1. The van der Waals surface area contributed by atoms with Crippen LogP contribution in [0.3, 0.4) is 0 Å². The molecule has 0 spiro atoms. The number of aromatic nitrogens is 5. The number of pyridine rings is 1. The summed E-state index contributed by atoms with van der Waals surface area (Å²) in [4.78, 5) is 56.5. The molecule has 3 aliphatic rings. The second-order valence-electron chi connectivity index (χ2n) is 14.8. The Hall–Kier alpha value is -5.31. The van der Waals surface area contributed by atoms with Crippen LogP contribution in [0.1, 0.15) is 91.1 Å². The molecular weight excluding hydrogens is 701 g/mol. The first-order valence-electron chi connectivity index (χ1n) is 18.5. The van der Waals surface area contributed by atoms with Crippen molar-refractivity contribution in [1.29, 1.82) is 0 Å². The van der Waals surface area contributed by atoms with Gasteiger partial charge in [-0.25, -0.2) is 22.9 Å². The van der Waals surface area contributed by atoms with Crippen molar-refractivity contribution in [3.63, 3.8) is 0 Å². The van der Waals surface area contributed by atoms with Crippen molar-refractivity contribution in [3.05, 3.63) is 88.2 Å². The molecule has 0 bridgehead atoms. The first-order chi connectivity index (χ1) is 26.0. The number of imide groups is 1. The maximum Gasteiger partial charge on any atom is 0.329 e. The molecule has 3 aromatic heterocycles. The number of amides is 3. The lowest BCUT2D eigenvalue weighted by Gasteiger charge is -2.38. The first kappa shape index (κ1) is 35.7. The lowest BCUT2D eigenvalue weighted by atomic mass is 9.83. The number of rotatable bonds is 8. The van der Waals surface area contributed by atoms with Crippen LogP contribution in [0.5, 0.6) is 0 Å². The Morgan fingerprint density at radius 1 is 1.00 bits per heavy atom. The van der Waals surface area contributed by atoms with E-state index < -0.39 is 36.1 Å². The number of anilines is 1. The van der Waals surface area contributed by atoms with Gasteiger partial charge in [0.1, 0.15) is 23.6 Å². The average Bonchev–Trinajstić information content (AvgIpc) is 3.70. The molecule has 2 N–H and O–H groups in total. The molecule has 15 heteroatoms. The van der Waals surface area contributed by atoms with Gasteiger partial charge >= 0.3 is 5.69 Å². The van der Waals surface area contributed by atoms with Crippen LogP contribution in [0.4, 0.5) is 18.9 Å². The van der Waals surface area contributed by atoms with Crippen LogP contribution in [-0.2, 0) is 16.6 Å². The first-order valence-corrected chi connectivity index (χ1v) is 18.5. The maximum atomic E-state index is 16.1. The molecule has 12 nitrogen and oxygen atoms in total. The highest BCUT2D eigenvalue weighted by atomic mass is 19.3. The van der Waals surface area contributed by atoms with E-state index in [4.69, 9.17) is 5.10 Å². The number of halogens is 3. The second kappa shape index (κ2) is 14.5. The molecule has 8 rings (SSSR count). The number of benzene rings is 2. The van der Waals surface area contributed by atoms with Crippen LogP contribution in [0, 0.1) is 5.92 Å². The minimum atomic E-state index is -2.77. The van der Waals surface area contributed by atoms with Gasteiger partial charge in [0.05, 0.1) is 22.6 Å². The van der Waals surface area contributed by atoms with Crippen LogP contribution in [0.15, 0.2) is 65.6 Å². The lowest BCUT2D eigenvalue weighted by Crippen LogP contribution is -2.44. The smallest absolute Gasteiger partial charge is 0.321 e. The fourth-order valence-electron chi connectivity index (χ4n) is 8.64. The molecule has 3 amide bonds. The summed E-state index contributed by atoms with van der Waals surface area (Å²) in [5.74, 6) is -1.37. The van der Waals surface area contributed by atoms with E-state index >= 15 is 4.39 Å². The predicted octanol–water partition coefficient (Wildman–Crippen LogP) is 5.81. The topological polar surface area (TPSA) is 136 Å². The van der Waals surface area contributed by atoms with Crippen LogP contribution >= 0.6 is 0 Å². The number of hydrogen-bond donors (Lipinski definition) is 2. The Morgan fingerprint density at radius 3 is 2.56 bits per heavy atom. The zero-order valence-corrected chi connectivity index (χ0v) is 29.8. The molecule has 1 unspecified atom stereocenters. The van der Waals surface area contributed by atoms with Gasteiger partial charge in [-0.15, -0.1) is 0 Å². The molecule has 5 heterocycles. The molecule has 54 heavy (non-hydrogen) atoms. The molecule has 2 aromatic carbocycles. The van der Waals surface area contributed by atoms with E-state index in [1.54, 1.807) is 19.2 Å². The summed E-state index contributed by atoms with van der Waals surface area (Å²) in [6.07, 6.45) is 2.92. The van der Waals surface area contributed by atoms with E-state index in [-0.39, 0.29) is 42.1 Å². The van der Waals surface area contributed by atoms with Crippen molar-refractivity contribution in [2.75, 3.05) is 25.0 Å². The van der Waals surface area contributed by atoms with E-state index in [1.807, 2.05) is 35.1 Å². The van der Waals surface area contributed by atoms with Crippen molar-refractivity contribution in [3.8, 4) is 0 Å². The van der Waals surface area contributed by atoms with Crippen molar-refractivity contribution in [2.45, 2.75) is 75.5 Å². The summed E-state index contributed by atoms with van der Waals surface area (Å²) in [6.45, 7) is 1.86. The van der Waals surface area contributed by atoms with Gasteiger partial charge in [-0.05, 0) is 92.9 Å². The van der Waals surface area contributed by atoms with Crippen LogP contribution in [0.25, 0.3) is 21.9 Å². The van der Waals surface area contributed by atoms with E-state index in [2.05, 4.69) is 20.5 Å². The van der Waals surface area contributed by atoms with Crippen LogP contribution in [0.2, 0.25) is 0 Å². The number of likely N-dealkylation sites (tertiary alicyclic amines) is 1. The summed E-state index contributed by atoms with van der Waals surface area (Å²) in [7, 11) is 1.65. The van der Waals surface area contributed by atoms with Crippen LogP contribution in [-0.4, -0.2) is 72.3 Å². The van der Waals surface area contributed by atoms with Gasteiger partial charge < -0.3 is 10.2 Å². The molecule has 5 aromatic rings. The van der Waals surface area contributed by atoms with E-state index in [1.165, 1.54) is 27.3 Å². The van der Waals surface area contributed by atoms with E-state index in [9.17, 15) is 28.0 Å². The number of carbonyl (C=O) groups is 3. The number of alkyl halides is 3. The monoisotopic (exact) mass is 742 g/mol. The number of carbonyl (C=O) groups excluding carboxylic acids is 3. The molecule has 1 saturated carbocycles. The number of imidazole rings is 1. The summed E-state index contributed by atoms with van der Waals surface area (Å²) >= 11 is 0. The van der Waals surface area contributed by atoms with Gasteiger partial charge in [0.25, 0.3) is 12.3 Å². The fourth-order valence-corrected chi connectivity index (χ4v) is 8.64. The summed E-state index contributed by atoms with van der Waals surface area (Å²) in [5.41, 5.74) is 2.38. The number of nitrogens with one attached hydrogen (secondary N) is 2. The quantitative estimate of drug-likeness (QED) is 0.192. The number of piperidine rings is 2.